The summed E-state index contributed by atoms with van der Waals surface area (Å²) in [5.74, 6) is 2.75. The van der Waals surface area contributed by atoms with Crippen LogP contribution in [0.2, 0.25) is 0 Å². The Balaban J connectivity index is 1.51. The lowest BCUT2D eigenvalue weighted by atomic mass is 10.2. The molecule has 9 heteroatoms. The smallest absolute Gasteiger partial charge is 0.263 e. The molecule has 1 aromatic carbocycles. The quantitative estimate of drug-likeness (QED) is 0.836. The first-order valence-corrected chi connectivity index (χ1v) is 11.4. The maximum atomic E-state index is 12.4. The number of para-hydroxylation sites is 1. The monoisotopic (exact) mass is 393 g/mol. The second-order valence-electron chi connectivity index (χ2n) is 6.42. The zero-order valence-corrected chi connectivity index (χ0v) is 15.7. The van der Waals surface area contributed by atoms with Gasteiger partial charge in [-0.15, -0.1) is 0 Å². The molecule has 1 atom stereocenters. The first-order valence-electron chi connectivity index (χ1n) is 8.38. The highest BCUT2D eigenvalue weighted by molar-refractivity contribution is 7.98. The summed E-state index contributed by atoms with van der Waals surface area (Å²) in [5, 5.41) is 7.48. The van der Waals surface area contributed by atoms with Crippen LogP contribution in [0.4, 0.5) is 5.82 Å². The summed E-state index contributed by atoms with van der Waals surface area (Å²) < 4.78 is 30.9. The molecule has 4 rings (SSSR count). The van der Waals surface area contributed by atoms with Crippen LogP contribution in [0, 0.1) is 0 Å². The molecule has 0 aliphatic carbocycles. The summed E-state index contributed by atoms with van der Waals surface area (Å²) in [6.07, 6.45) is 0.527. The van der Waals surface area contributed by atoms with Crippen molar-refractivity contribution in [2.75, 3.05) is 23.4 Å². The number of carbonyl (C=O) groups is 1. The number of amides is 1. The Labute approximate surface area is 156 Å². The first-order chi connectivity index (χ1) is 12.5. The van der Waals surface area contributed by atoms with Gasteiger partial charge in [-0.05, 0) is 18.6 Å². The van der Waals surface area contributed by atoms with Crippen LogP contribution in [0.1, 0.15) is 23.7 Å². The highest BCUT2D eigenvalue weighted by Gasteiger charge is 2.34. The van der Waals surface area contributed by atoms with Crippen LogP contribution in [0.15, 0.2) is 30.3 Å². The number of rotatable bonds is 5. The maximum absolute atomic E-state index is 12.4. The van der Waals surface area contributed by atoms with Gasteiger partial charge in [0.05, 0.1) is 23.2 Å². The van der Waals surface area contributed by atoms with Gasteiger partial charge in [0.25, 0.3) is 5.91 Å². The number of ether oxygens (including phenoxy) is 1. The minimum atomic E-state index is -3.03. The summed E-state index contributed by atoms with van der Waals surface area (Å²) in [7, 11) is -3.03. The molecule has 1 saturated heterocycles. The van der Waals surface area contributed by atoms with Gasteiger partial charge in [0, 0.05) is 17.1 Å². The Morgan fingerprint density at radius 2 is 2.12 bits per heavy atom. The van der Waals surface area contributed by atoms with Crippen LogP contribution in [0.3, 0.4) is 0 Å². The highest BCUT2D eigenvalue weighted by atomic mass is 32.2. The SMILES string of the molecule is O=C(COc1ccccc1)Nc1c2c(nn1C1CCS(=O)(=O)C1)CSC2. The van der Waals surface area contributed by atoms with Crippen molar-refractivity contribution in [2.24, 2.45) is 0 Å². The molecule has 1 fully saturated rings. The molecule has 1 aromatic heterocycles. The van der Waals surface area contributed by atoms with E-state index in [1.165, 1.54) is 0 Å². The zero-order valence-electron chi connectivity index (χ0n) is 14.1. The van der Waals surface area contributed by atoms with E-state index in [1.807, 2.05) is 18.2 Å². The average molecular weight is 393 g/mol. The Morgan fingerprint density at radius 1 is 1.31 bits per heavy atom. The van der Waals surface area contributed by atoms with E-state index in [1.54, 1.807) is 28.6 Å². The highest BCUT2D eigenvalue weighted by Crippen LogP contribution is 2.38. The van der Waals surface area contributed by atoms with Crippen molar-refractivity contribution >= 4 is 33.3 Å². The molecule has 2 aliphatic rings. The number of nitrogens with one attached hydrogen (secondary N) is 1. The lowest BCUT2D eigenvalue weighted by Crippen LogP contribution is -2.24. The number of carbonyl (C=O) groups excluding carboxylic acids is 1. The molecule has 26 heavy (non-hydrogen) atoms. The molecular formula is C17H19N3O4S2. The molecule has 2 aromatic rings. The molecule has 2 aliphatic heterocycles. The van der Waals surface area contributed by atoms with E-state index in [2.05, 4.69) is 10.4 Å². The van der Waals surface area contributed by atoms with Crippen LogP contribution in [0.5, 0.6) is 5.75 Å². The third-order valence-electron chi connectivity index (χ3n) is 4.50. The minimum absolute atomic E-state index is 0.0735. The maximum Gasteiger partial charge on any atom is 0.263 e. The van der Waals surface area contributed by atoms with E-state index in [9.17, 15) is 13.2 Å². The standard InChI is InChI=1S/C17H19N3O4S2/c21-16(8-24-13-4-2-1-3-5-13)18-17-14-9-25-10-15(14)19-20(17)12-6-7-26(22,23)11-12/h1-5,12H,6-11H2,(H,18,21). The lowest BCUT2D eigenvalue weighted by Gasteiger charge is -2.15. The van der Waals surface area contributed by atoms with Crippen molar-refractivity contribution in [3.63, 3.8) is 0 Å². The topological polar surface area (TPSA) is 90.3 Å². The van der Waals surface area contributed by atoms with Gasteiger partial charge >= 0.3 is 0 Å². The van der Waals surface area contributed by atoms with Gasteiger partial charge < -0.3 is 10.1 Å². The fraction of sp³-hybridized carbons (Fsp3) is 0.412. The predicted molar refractivity (Wildman–Crippen MR) is 100 cm³/mol. The Bertz CT molecular complexity index is 925. The number of sulfone groups is 1. The Kier molecular flexibility index (Phi) is 4.66. The number of benzene rings is 1. The van der Waals surface area contributed by atoms with Crippen molar-refractivity contribution in [1.29, 1.82) is 0 Å². The van der Waals surface area contributed by atoms with Crippen molar-refractivity contribution in [2.45, 2.75) is 24.0 Å². The van der Waals surface area contributed by atoms with Crippen LogP contribution >= 0.6 is 11.8 Å². The molecule has 0 saturated carbocycles. The molecule has 1 N–H and O–H groups in total. The van der Waals surface area contributed by atoms with Gasteiger partial charge in [-0.3, -0.25) is 4.79 Å². The summed E-state index contributed by atoms with van der Waals surface area (Å²) in [5.41, 5.74) is 1.92. The molecule has 138 valence electrons. The van der Waals surface area contributed by atoms with E-state index in [4.69, 9.17) is 4.74 Å². The first kappa shape index (κ1) is 17.4. The number of hydrogen-bond donors (Lipinski definition) is 1. The van der Waals surface area contributed by atoms with Crippen LogP contribution in [-0.4, -0.2) is 42.2 Å². The van der Waals surface area contributed by atoms with Crippen LogP contribution in [0.25, 0.3) is 0 Å². The number of thioether (sulfide) groups is 1. The molecule has 0 spiro atoms. The van der Waals surface area contributed by atoms with Crippen molar-refractivity contribution in [1.82, 2.24) is 9.78 Å². The third kappa shape index (κ3) is 3.59. The van der Waals surface area contributed by atoms with Crippen LogP contribution < -0.4 is 10.1 Å². The molecule has 0 radical (unpaired) electrons. The summed E-state index contributed by atoms with van der Waals surface area (Å²) >= 11 is 1.74. The fourth-order valence-electron chi connectivity index (χ4n) is 3.23. The minimum Gasteiger partial charge on any atom is -0.484 e. The Hall–Kier alpha value is -2.00. The average Bonchev–Trinajstić information content (AvgIpc) is 3.30. The van der Waals surface area contributed by atoms with Gasteiger partial charge in [-0.2, -0.15) is 16.9 Å². The zero-order chi connectivity index (χ0) is 18.1. The molecule has 3 heterocycles. The van der Waals surface area contributed by atoms with E-state index in [0.29, 0.717) is 18.0 Å². The molecular weight excluding hydrogens is 374 g/mol. The van der Waals surface area contributed by atoms with E-state index >= 15 is 0 Å². The second kappa shape index (κ2) is 6.96. The lowest BCUT2D eigenvalue weighted by molar-refractivity contribution is -0.118. The van der Waals surface area contributed by atoms with Crippen molar-refractivity contribution < 1.29 is 17.9 Å². The summed E-state index contributed by atoms with van der Waals surface area (Å²) in [4.78, 5) is 12.4. The summed E-state index contributed by atoms with van der Waals surface area (Å²) in [6.45, 7) is -0.111. The largest absolute Gasteiger partial charge is 0.484 e. The predicted octanol–water partition coefficient (Wildman–Crippen LogP) is 2.01. The molecule has 7 nitrogen and oxygen atoms in total. The number of hydrogen-bond acceptors (Lipinski definition) is 6. The summed E-state index contributed by atoms with van der Waals surface area (Å²) in [6, 6.07) is 8.91. The van der Waals surface area contributed by atoms with Crippen molar-refractivity contribution in [3.05, 3.63) is 41.6 Å². The normalized spacial score (nSPS) is 20.7. The van der Waals surface area contributed by atoms with E-state index in [-0.39, 0.29) is 30.1 Å². The fourth-order valence-corrected chi connectivity index (χ4v) is 5.96. The number of fused-ring (bicyclic) bond motifs is 1. The Morgan fingerprint density at radius 3 is 2.85 bits per heavy atom. The number of anilines is 1. The third-order valence-corrected chi connectivity index (χ3v) is 7.22. The molecule has 1 unspecified atom stereocenters. The van der Waals surface area contributed by atoms with Gasteiger partial charge in [-0.1, -0.05) is 18.2 Å². The molecule has 1 amide bonds. The van der Waals surface area contributed by atoms with Crippen molar-refractivity contribution in [3.8, 4) is 5.75 Å². The van der Waals surface area contributed by atoms with E-state index < -0.39 is 9.84 Å². The van der Waals surface area contributed by atoms with Gasteiger partial charge in [0.1, 0.15) is 11.6 Å². The second-order valence-corrected chi connectivity index (χ2v) is 9.63. The number of nitrogens with zero attached hydrogens (tertiary/aromatic N) is 2. The number of aromatic nitrogens is 2. The van der Waals surface area contributed by atoms with Gasteiger partial charge in [0.15, 0.2) is 16.4 Å². The van der Waals surface area contributed by atoms with Gasteiger partial charge in [-0.25, -0.2) is 13.1 Å². The molecule has 0 bridgehead atoms. The van der Waals surface area contributed by atoms with Crippen LogP contribution in [-0.2, 0) is 26.1 Å². The van der Waals surface area contributed by atoms with Gasteiger partial charge in [0.2, 0.25) is 0 Å². The van der Waals surface area contributed by atoms with E-state index in [0.717, 1.165) is 22.8 Å².